The number of nitrogens with two attached hydrogens (primary N) is 1. The molecule has 1 saturated heterocycles. The van der Waals surface area contributed by atoms with Gasteiger partial charge in [-0.05, 0) is 52.6 Å². The molecule has 26 heavy (non-hydrogen) atoms. The Bertz CT molecular complexity index is 699. The van der Waals surface area contributed by atoms with Crippen LogP contribution >= 0.6 is 11.3 Å². The van der Waals surface area contributed by atoms with Crippen molar-refractivity contribution in [1.82, 2.24) is 4.90 Å². The van der Waals surface area contributed by atoms with E-state index in [0.29, 0.717) is 16.6 Å². The topological polar surface area (TPSA) is 102 Å². The number of piperidine rings is 1. The van der Waals surface area contributed by atoms with Crippen molar-refractivity contribution in [3.8, 4) is 0 Å². The second-order valence-electron chi connectivity index (χ2n) is 6.94. The van der Waals surface area contributed by atoms with Crippen LogP contribution in [0.15, 0.2) is 0 Å². The molecule has 0 aromatic carbocycles. The molecule has 0 bridgehead atoms. The predicted octanol–water partition coefficient (Wildman–Crippen LogP) is 2.53. The van der Waals surface area contributed by atoms with Gasteiger partial charge in [-0.2, -0.15) is 0 Å². The van der Waals surface area contributed by atoms with Gasteiger partial charge in [0, 0.05) is 6.04 Å². The molecule has 0 saturated carbocycles. The minimum atomic E-state index is -0.628. The SMILES string of the molecule is Cc1c(C(N)=O)sc(NC(=O)CN2CCCCC2C)c1C(=O)OC(C)C. The summed E-state index contributed by atoms with van der Waals surface area (Å²) in [7, 11) is 0. The van der Waals surface area contributed by atoms with Crippen LogP contribution < -0.4 is 11.1 Å². The number of ether oxygens (including phenoxy) is 1. The molecule has 1 atom stereocenters. The van der Waals surface area contributed by atoms with Crippen molar-refractivity contribution in [2.45, 2.75) is 59.1 Å². The summed E-state index contributed by atoms with van der Waals surface area (Å²) in [5, 5.41) is 3.09. The summed E-state index contributed by atoms with van der Waals surface area (Å²) in [6, 6.07) is 0.353. The van der Waals surface area contributed by atoms with Crippen molar-refractivity contribution in [2.24, 2.45) is 5.73 Å². The number of hydrogen-bond donors (Lipinski definition) is 2. The third-order valence-corrected chi connectivity index (χ3v) is 5.68. The van der Waals surface area contributed by atoms with Gasteiger partial charge >= 0.3 is 5.97 Å². The fraction of sp³-hybridized carbons (Fsp3) is 0.611. The smallest absolute Gasteiger partial charge is 0.341 e. The molecular formula is C18H27N3O4S. The number of anilines is 1. The Morgan fingerprint density at radius 3 is 2.62 bits per heavy atom. The molecule has 0 spiro atoms. The first-order chi connectivity index (χ1) is 12.2. The van der Waals surface area contributed by atoms with Gasteiger partial charge in [-0.3, -0.25) is 14.5 Å². The van der Waals surface area contributed by atoms with Gasteiger partial charge in [0.2, 0.25) is 5.91 Å². The van der Waals surface area contributed by atoms with E-state index in [0.717, 1.165) is 30.7 Å². The lowest BCUT2D eigenvalue weighted by Gasteiger charge is -2.32. The van der Waals surface area contributed by atoms with Crippen LogP contribution in [0.5, 0.6) is 0 Å². The van der Waals surface area contributed by atoms with E-state index in [-0.39, 0.29) is 29.0 Å². The van der Waals surface area contributed by atoms with Crippen LogP contribution in [0.2, 0.25) is 0 Å². The highest BCUT2D eigenvalue weighted by molar-refractivity contribution is 7.18. The van der Waals surface area contributed by atoms with Crippen molar-refractivity contribution in [3.05, 3.63) is 16.0 Å². The minimum absolute atomic E-state index is 0.206. The molecule has 1 aromatic rings. The molecule has 3 N–H and O–H groups in total. The molecule has 1 aromatic heterocycles. The quantitative estimate of drug-likeness (QED) is 0.737. The van der Waals surface area contributed by atoms with Crippen molar-refractivity contribution < 1.29 is 19.1 Å². The lowest BCUT2D eigenvalue weighted by atomic mass is 10.0. The monoisotopic (exact) mass is 381 g/mol. The van der Waals surface area contributed by atoms with E-state index in [2.05, 4.69) is 17.1 Å². The van der Waals surface area contributed by atoms with Gasteiger partial charge in [-0.25, -0.2) is 4.79 Å². The van der Waals surface area contributed by atoms with Crippen molar-refractivity contribution in [3.63, 3.8) is 0 Å². The standard InChI is InChI=1S/C18H27N3O4S/c1-10(2)25-18(24)14-12(4)15(16(19)23)26-17(14)20-13(22)9-21-8-6-5-7-11(21)3/h10-11H,5-9H2,1-4H3,(H2,19,23)(H,20,22). The molecular weight excluding hydrogens is 354 g/mol. The number of nitrogens with one attached hydrogen (secondary N) is 1. The lowest BCUT2D eigenvalue weighted by molar-refractivity contribution is -0.118. The van der Waals surface area contributed by atoms with Gasteiger partial charge in [-0.1, -0.05) is 6.42 Å². The van der Waals surface area contributed by atoms with Crippen molar-refractivity contribution in [2.75, 3.05) is 18.4 Å². The van der Waals surface area contributed by atoms with Crippen LogP contribution in [-0.2, 0) is 9.53 Å². The van der Waals surface area contributed by atoms with Gasteiger partial charge in [0.25, 0.3) is 5.91 Å². The van der Waals surface area contributed by atoms with Crippen LogP contribution in [0.3, 0.4) is 0 Å². The van der Waals surface area contributed by atoms with Crippen LogP contribution in [0, 0.1) is 6.92 Å². The van der Waals surface area contributed by atoms with Gasteiger partial charge in [0.05, 0.1) is 23.1 Å². The van der Waals surface area contributed by atoms with E-state index in [1.54, 1.807) is 20.8 Å². The van der Waals surface area contributed by atoms with E-state index >= 15 is 0 Å². The van der Waals surface area contributed by atoms with E-state index in [4.69, 9.17) is 10.5 Å². The van der Waals surface area contributed by atoms with Crippen LogP contribution in [0.4, 0.5) is 5.00 Å². The molecule has 0 aliphatic carbocycles. The third-order valence-electron chi connectivity index (χ3n) is 4.46. The number of carbonyl (C=O) groups excluding carboxylic acids is 3. The molecule has 1 unspecified atom stereocenters. The molecule has 144 valence electrons. The first-order valence-corrected chi connectivity index (χ1v) is 9.70. The molecule has 2 heterocycles. The number of nitrogens with zero attached hydrogens (tertiary/aromatic N) is 1. The fourth-order valence-electron chi connectivity index (χ4n) is 3.10. The Kier molecular flexibility index (Phi) is 6.77. The normalized spacial score (nSPS) is 18.0. The first kappa shape index (κ1) is 20.4. The Morgan fingerprint density at radius 1 is 1.35 bits per heavy atom. The van der Waals surface area contributed by atoms with Crippen molar-refractivity contribution in [1.29, 1.82) is 0 Å². The highest BCUT2D eigenvalue weighted by Gasteiger charge is 2.27. The summed E-state index contributed by atoms with van der Waals surface area (Å²) in [6.07, 6.45) is 3.02. The van der Waals surface area contributed by atoms with Crippen LogP contribution in [0.1, 0.15) is 65.6 Å². The summed E-state index contributed by atoms with van der Waals surface area (Å²) < 4.78 is 5.25. The largest absolute Gasteiger partial charge is 0.459 e. The van der Waals surface area contributed by atoms with Crippen molar-refractivity contribution >= 4 is 34.1 Å². The first-order valence-electron chi connectivity index (χ1n) is 8.88. The number of primary amides is 1. The Hall–Kier alpha value is -1.93. The Morgan fingerprint density at radius 2 is 2.04 bits per heavy atom. The second-order valence-corrected chi connectivity index (χ2v) is 7.96. The van der Waals surface area contributed by atoms with Crippen LogP contribution in [-0.4, -0.2) is 47.9 Å². The number of rotatable bonds is 6. The number of amides is 2. The van der Waals surface area contributed by atoms with E-state index < -0.39 is 11.9 Å². The molecule has 2 amide bonds. The van der Waals surface area contributed by atoms with Gasteiger partial charge in [0.1, 0.15) is 5.00 Å². The summed E-state index contributed by atoms with van der Waals surface area (Å²) in [5.74, 6) is -1.41. The molecule has 8 heteroatoms. The highest BCUT2D eigenvalue weighted by Crippen LogP contribution is 2.33. The van der Waals surface area contributed by atoms with E-state index in [1.165, 1.54) is 6.42 Å². The maximum Gasteiger partial charge on any atom is 0.341 e. The van der Waals surface area contributed by atoms with E-state index in [1.807, 2.05) is 0 Å². The summed E-state index contributed by atoms with van der Waals surface area (Å²) in [6.45, 7) is 8.36. The number of thiophene rings is 1. The van der Waals surface area contributed by atoms with Gasteiger partial charge < -0.3 is 15.8 Å². The number of hydrogen-bond acceptors (Lipinski definition) is 6. The Balaban J connectivity index is 2.21. The molecule has 1 aliphatic heterocycles. The fourth-order valence-corrected chi connectivity index (χ4v) is 4.16. The summed E-state index contributed by atoms with van der Waals surface area (Å²) in [5.41, 5.74) is 6.04. The third kappa shape index (κ3) is 4.82. The second kappa shape index (κ2) is 8.64. The van der Waals surface area contributed by atoms with Gasteiger partial charge in [-0.15, -0.1) is 11.3 Å². The zero-order valence-electron chi connectivity index (χ0n) is 15.8. The molecule has 0 radical (unpaired) electrons. The number of carbonyl (C=O) groups is 3. The molecule has 1 fully saturated rings. The highest BCUT2D eigenvalue weighted by atomic mass is 32.1. The summed E-state index contributed by atoms with van der Waals surface area (Å²) in [4.78, 5) is 38.9. The molecule has 1 aliphatic rings. The lowest BCUT2D eigenvalue weighted by Crippen LogP contribution is -2.42. The maximum absolute atomic E-state index is 12.5. The maximum atomic E-state index is 12.5. The molecule has 2 rings (SSSR count). The number of likely N-dealkylation sites (tertiary alicyclic amines) is 1. The summed E-state index contributed by atoms with van der Waals surface area (Å²) >= 11 is 1.01. The predicted molar refractivity (Wildman–Crippen MR) is 102 cm³/mol. The average molecular weight is 381 g/mol. The van der Waals surface area contributed by atoms with Crippen LogP contribution in [0.25, 0.3) is 0 Å². The zero-order chi connectivity index (χ0) is 19.4. The number of esters is 1. The zero-order valence-corrected chi connectivity index (χ0v) is 16.6. The Labute approximate surface area is 157 Å². The van der Waals surface area contributed by atoms with E-state index in [9.17, 15) is 14.4 Å². The average Bonchev–Trinajstić information content (AvgIpc) is 2.85. The van der Waals surface area contributed by atoms with Gasteiger partial charge in [0.15, 0.2) is 0 Å². The molecule has 7 nitrogen and oxygen atoms in total. The minimum Gasteiger partial charge on any atom is -0.459 e.